The molecule has 0 aromatic heterocycles. The monoisotopic (exact) mass is 393 g/mol. The number of amides is 1. The lowest BCUT2D eigenvalue weighted by Gasteiger charge is -2.36. The van der Waals surface area contributed by atoms with Crippen molar-refractivity contribution in [3.63, 3.8) is 0 Å². The number of benzene rings is 1. The van der Waals surface area contributed by atoms with Crippen LogP contribution >= 0.6 is 0 Å². The Labute approximate surface area is 163 Å². The molecule has 3 rings (SSSR count). The second kappa shape index (κ2) is 9.17. The van der Waals surface area contributed by atoms with Crippen molar-refractivity contribution in [3.05, 3.63) is 35.9 Å². The van der Waals surface area contributed by atoms with Crippen LogP contribution in [0.4, 0.5) is 0 Å². The highest BCUT2D eigenvalue weighted by atomic mass is 32.2. The van der Waals surface area contributed by atoms with Gasteiger partial charge < -0.3 is 5.32 Å². The third-order valence-electron chi connectivity index (χ3n) is 5.67. The molecular formula is C20H31N3O3S. The van der Waals surface area contributed by atoms with E-state index < -0.39 is 10.2 Å². The fourth-order valence-electron chi connectivity index (χ4n) is 3.92. The van der Waals surface area contributed by atoms with Crippen LogP contribution in [0.2, 0.25) is 0 Å². The molecule has 1 aromatic rings. The van der Waals surface area contributed by atoms with E-state index in [4.69, 9.17) is 0 Å². The molecule has 0 bridgehead atoms. The van der Waals surface area contributed by atoms with Gasteiger partial charge in [-0.15, -0.1) is 0 Å². The van der Waals surface area contributed by atoms with Crippen LogP contribution in [0.3, 0.4) is 0 Å². The maximum atomic E-state index is 12.9. The fraction of sp³-hybridized carbons (Fsp3) is 0.650. The third-order valence-corrected chi connectivity index (χ3v) is 7.68. The molecule has 2 aliphatic heterocycles. The SMILES string of the molecule is CC(CNC(=O)C1CCCN(S(=O)(=O)N2CCCCC2)C1)c1ccccc1. The first-order valence-corrected chi connectivity index (χ1v) is 11.5. The van der Waals surface area contributed by atoms with E-state index in [1.54, 1.807) is 4.31 Å². The highest BCUT2D eigenvalue weighted by molar-refractivity contribution is 7.86. The third kappa shape index (κ3) is 5.09. The Morgan fingerprint density at radius 1 is 1.07 bits per heavy atom. The molecule has 0 spiro atoms. The summed E-state index contributed by atoms with van der Waals surface area (Å²) in [5, 5.41) is 3.03. The molecule has 0 radical (unpaired) electrons. The Hall–Kier alpha value is -1.44. The van der Waals surface area contributed by atoms with Gasteiger partial charge in [0.05, 0.1) is 5.92 Å². The van der Waals surface area contributed by atoms with Crippen LogP contribution in [-0.2, 0) is 15.0 Å². The number of carbonyl (C=O) groups excluding carboxylic acids is 1. The van der Waals surface area contributed by atoms with Gasteiger partial charge in [-0.3, -0.25) is 4.79 Å². The molecule has 27 heavy (non-hydrogen) atoms. The maximum Gasteiger partial charge on any atom is 0.281 e. The van der Waals surface area contributed by atoms with Gasteiger partial charge in [0.25, 0.3) is 10.2 Å². The number of carbonyl (C=O) groups is 1. The summed E-state index contributed by atoms with van der Waals surface area (Å²) in [5.41, 5.74) is 1.19. The standard InChI is InChI=1S/C20H31N3O3S/c1-17(18-9-4-2-5-10-18)15-21-20(24)19-11-8-14-23(16-19)27(25,26)22-12-6-3-7-13-22/h2,4-5,9-10,17,19H,3,6-8,11-16H2,1H3,(H,21,24). The summed E-state index contributed by atoms with van der Waals surface area (Å²) in [6.45, 7) is 4.67. The average molecular weight is 394 g/mol. The Morgan fingerprint density at radius 2 is 1.74 bits per heavy atom. The van der Waals surface area contributed by atoms with Gasteiger partial charge in [0, 0.05) is 32.7 Å². The summed E-state index contributed by atoms with van der Waals surface area (Å²) in [5.74, 6) is -0.0652. The smallest absolute Gasteiger partial charge is 0.281 e. The van der Waals surface area contributed by atoms with Crippen molar-refractivity contribution < 1.29 is 13.2 Å². The van der Waals surface area contributed by atoms with Gasteiger partial charge in [0.15, 0.2) is 0 Å². The molecule has 1 amide bonds. The molecule has 2 fully saturated rings. The zero-order valence-electron chi connectivity index (χ0n) is 16.1. The molecule has 2 atom stereocenters. The molecule has 1 aromatic carbocycles. The molecule has 0 aliphatic carbocycles. The van der Waals surface area contributed by atoms with Gasteiger partial charge in [-0.25, -0.2) is 0 Å². The van der Waals surface area contributed by atoms with Crippen molar-refractivity contribution >= 4 is 16.1 Å². The molecule has 2 unspecified atom stereocenters. The lowest BCUT2D eigenvalue weighted by atomic mass is 9.97. The van der Waals surface area contributed by atoms with Crippen molar-refractivity contribution in [3.8, 4) is 0 Å². The number of nitrogens with zero attached hydrogens (tertiary/aromatic N) is 2. The Kier molecular flexibility index (Phi) is 6.89. The summed E-state index contributed by atoms with van der Waals surface area (Å²) in [4.78, 5) is 12.6. The van der Waals surface area contributed by atoms with Crippen LogP contribution in [0, 0.1) is 5.92 Å². The summed E-state index contributed by atoms with van der Waals surface area (Å²) >= 11 is 0. The van der Waals surface area contributed by atoms with Gasteiger partial charge in [-0.1, -0.05) is 43.7 Å². The zero-order valence-corrected chi connectivity index (χ0v) is 17.0. The van der Waals surface area contributed by atoms with Gasteiger partial charge in [-0.2, -0.15) is 17.0 Å². The predicted octanol–water partition coefficient (Wildman–Crippen LogP) is 2.35. The number of rotatable bonds is 6. The average Bonchev–Trinajstić information content (AvgIpc) is 2.73. The topological polar surface area (TPSA) is 69.7 Å². The van der Waals surface area contributed by atoms with Crippen LogP contribution in [0.1, 0.15) is 50.5 Å². The quantitative estimate of drug-likeness (QED) is 0.807. The van der Waals surface area contributed by atoms with E-state index >= 15 is 0 Å². The van der Waals surface area contributed by atoms with Gasteiger partial charge >= 0.3 is 0 Å². The minimum absolute atomic E-state index is 0.0312. The van der Waals surface area contributed by atoms with E-state index in [2.05, 4.69) is 24.4 Å². The summed E-state index contributed by atoms with van der Waals surface area (Å²) in [6, 6.07) is 10.1. The lowest BCUT2D eigenvalue weighted by Crippen LogP contribution is -2.51. The van der Waals surface area contributed by atoms with Crippen molar-refractivity contribution in [1.29, 1.82) is 0 Å². The van der Waals surface area contributed by atoms with Crippen LogP contribution in [-0.4, -0.2) is 55.7 Å². The van der Waals surface area contributed by atoms with Crippen LogP contribution < -0.4 is 5.32 Å². The van der Waals surface area contributed by atoms with Crippen molar-refractivity contribution in [2.45, 2.75) is 44.9 Å². The van der Waals surface area contributed by atoms with E-state index in [-0.39, 0.29) is 17.7 Å². The zero-order chi connectivity index (χ0) is 19.3. The van der Waals surface area contributed by atoms with Crippen LogP contribution in [0.25, 0.3) is 0 Å². The fourth-order valence-corrected chi connectivity index (χ4v) is 5.70. The highest BCUT2D eigenvalue weighted by Gasteiger charge is 2.36. The summed E-state index contributed by atoms with van der Waals surface area (Å²) < 4.78 is 28.9. The minimum atomic E-state index is -3.44. The van der Waals surface area contributed by atoms with E-state index in [0.717, 1.165) is 32.1 Å². The largest absolute Gasteiger partial charge is 0.355 e. The van der Waals surface area contributed by atoms with Gasteiger partial charge in [0.1, 0.15) is 0 Å². The number of nitrogens with one attached hydrogen (secondary N) is 1. The maximum absolute atomic E-state index is 12.9. The molecule has 6 nitrogen and oxygen atoms in total. The van der Waals surface area contributed by atoms with Crippen molar-refractivity contribution in [1.82, 2.24) is 13.9 Å². The first-order valence-electron chi connectivity index (χ1n) is 10.1. The first kappa shape index (κ1) is 20.3. The van der Waals surface area contributed by atoms with Gasteiger partial charge in [-0.05, 0) is 37.2 Å². The Bertz CT molecular complexity index is 717. The molecule has 150 valence electrons. The molecule has 2 saturated heterocycles. The molecular weight excluding hydrogens is 362 g/mol. The molecule has 7 heteroatoms. The van der Waals surface area contributed by atoms with E-state index in [9.17, 15) is 13.2 Å². The van der Waals surface area contributed by atoms with Crippen molar-refractivity contribution in [2.75, 3.05) is 32.7 Å². The van der Waals surface area contributed by atoms with E-state index in [1.807, 2.05) is 18.2 Å². The molecule has 2 heterocycles. The van der Waals surface area contributed by atoms with Crippen LogP contribution in [0.15, 0.2) is 30.3 Å². The summed E-state index contributed by atoms with van der Waals surface area (Å²) in [6.07, 6.45) is 4.43. The Balaban J connectivity index is 1.54. The van der Waals surface area contributed by atoms with Gasteiger partial charge in [0.2, 0.25) is 5.91 Å². The lowest BCUT2D eigenvalue weighted by molar-refractivity contribution is -0.126. The molecule has 2 aliphatic rings. The predicted molar refractivity (Wildman–Crippen MR) is 107 cm³/mol. The van der Waals surface area contributed by atoms with Crippen molar-refractivity contribution in [2.24, 2.45) is 5.92 Å². The van der Waals surface area contributed by atoms with E-state index in [0.29, 0.717) is 32.7 Å². The second-order valence-corrected chi connectivity index (χ2v) is 9.65. The highest BCUT2D eigenvalue weighted by Crippen LogP contribution is 2.24. The minimum Gasteiger partial charge on any atom is -0.355 e. The number of piperidine rings is 2. The molecule has 0 saturated carbocycles. The normalized spacial score (nSPS) is 23.7. The molecule has 1 N–H and O–H groups in total. The Morgan fingerprint density at radius 3 is 2.44 bits per heavy atom. The summed E-state index contributed by atoms with van der Waals surface area (Å²) in [7, 11) is -3.44. The first-order chi connectivity index (χ1) is 13.0. The van der Waals surface area contributed by atoms with Crippen LogP contribution in [0.5, 0.6) is 0 Å². The number of hydrogen-bond donors (Lipinski definition) is 1. The van der Waals surface area contributed by atoms with E-state index in [1.165, 1.54) is 9.87 Å². The number of hydrogen-bond acceptors (Lipinski definition) is 3. The second-order valence-electron chi connectivity index (χ2n) is 7.72.